The van der Waals surface area contributed by atoms with Crippen LogP contribution in [0.4, 0.5) is 5.69 Å². The molecular formula is C25H27N5O4. The van der Waals surface area contributed by atoms with E-state index in [1.54, 1.807) is 54.6 Å². The Kier molecular flexibility index (Phi) is 7.28. The van der Waals surface area contributed by atoms with Gasteiger partial charge in [-0.15, -0.1) is 0 Å². The molecule has 1 atom stereocenters. The van der Waals surface area contributed by atoms with E-state index in [1.165, 1.54) is 14.0 Å². The number of carbonyl (C=O) groups is 3. The second kappa shape index (κ2) is 10.1. The van der Waals surface area contributed by atoms with Crippen LogP contribution in [-0.4, -0.2) is 47.7 Å². The third-order valence-corrected chi connectivity index (χ3v) is 5.79. The highest BCUT2D eigenvalue weighted by molar-refractivity contribution is 6.08. The number of rotatable bonds is 10. The van der Waals surface area contributed by atoms with Gasteiger partial charge < -0.3 is 21.5 Å². The smallest absolute Gasteiger partial charge is 0.333 e. The molecule has 0 bridgehead atoms. The average Bonchev–Trinajstić information content (AvgIpc) is 2.82. The number of likely N-dealkylation sites (N-methyl/N-ethyl adjacent to an activating group) is 1. The highest BCUT2D eigenvalue weighted by atomic mass is 16.4. The summed E-state index contributed by atoms with van der Waals surface area (Å²) in [5, 5.41) is 27.0. The molecule has 34 heavy (non-hydrogen) atoms. The van der Waals surface area contributed by atoms with Crippen LogP contribution in [0.15, 0.2) is 60.7 Å². The Bertz CT molecular complexity index is 1240. The van der Waals surface area contributed by atoms with E-state index in [9.17, 15) is 19.5 Å². The maximum absolute atomic E-state index is 12.8. The number of carboxylic acids is 1. The Hall–Kier alpha value is -4.24. The summed E-state index contributed by atoms with van der Waals surface area (Å²) < 4.78 is 0. The standard InChI is InChI=1S/C25H27N5O4/c1-15(31)25(28-2,24(33)34)14-30-19-10-11-20-18(12-19)4-3-5-21(20)23(32)29-13-16-6-8-17(9-7-16)22(26)27/h3-12,28,30H,13-14H2,1-2H3,(H3,26,27)(H,29,32)(H,33,34). The minimum absolute atomic E-state index is 0.0129. The van der Waals surface area contributed by atoms with Crippen molar-refractivity contribution in [3.8, 4) is 0 Å². The molecule has 1 unspecified atom stereocenters. The Labute approximate surface area is 196 Å². The molecule has 3 aromatic rings. The number of amidine groups is 1. The molecule has 9 heteroatoms. The molecule has 176 valence electrons. The average molecular weight is 462 g/mol. The van der Waals surface area contributed by atoms with Gasteiger partial charge in [0.2, 0.25) is 0 Å². The molecule has 0 aliphatic heterocycles. The van der Waals surface area contributed by atoms with E-state index in [0.717, 1.165) is 16.3 Å². The monoisotopic (exact) mass is 461 g/mol. The first-order valence-corrected chi connectivity index (χ1v) is 10.6. The number of benzene rings is 3. The second-order valence-corrected chi connectivity index (χ2v) is 7.90. The van der Waals surface area contributed by atoms with Crippen molar-refractivity contribution >= 4 is 40.0 Å². The van der Waals surface area contributed by atoms with Crippen LogP contribution in [-0.2, 0) is 16.1 Å². The Balaban J connectivity index is 1.75. The predicted octanol–water partition coefficient (Wildman–Crippen LogP) is 2.10. The van der Waals surface area contributed by atoms with Crippen LogP contribution in [0.1, 0.15) is 28.4 Å². The third kappa shape index (κ3) is 5.05. The molecule has 0 aliphatic carbocycles. The number of hydrogen-bond acceptors (Lipinski definition) is 6. The first-order chi connectivity index (χ1) is 16.2. The minimum Gasteiger partial charge on any atom is -0.479 e. The second-order valence-electron chi connectivity index (χ2n) is 7.90. The summed E-state index contributed by atoms with van der Waals surface area (Å²) in [5.41, 5.74) is 6.35. The largest absolute Gasteiger partial charge is 0.479 e. The summed E-state index contributed by atoms with van der Waals surface area (Å²) in [6.07, 6.45) is 0. The van der Waals surface area contributed by atoms with Crippen molar-refractivity contribution < 1.29 is 19.5 Å². The number of carboxylic acid groups (broad SMARTS) is 1. The van der Waals surface area contributed by atoms with Crippen molar-refractivity contribution in [1.82, 2.24) is 10.6 Å². The molecule has 1 amide bonds. The number of anilines is 1. The van der Waals surface area contributed by atoms with Crippen molar-refractivity contribution in [2.45, 2.75) is 19.0 Å². The number of Topliss-reactive ketones (excluding diaryl/α,β-unsaturated/α-hetero) is 1. The Morgan fingerprint density at radius 2 is 1.76 bits per heavy atom. The zero-order valence-electron chi connectivity index (χ0n) is 18.9. The Morgan fingerprint density at radius 3 is 2.35 bits per heavy atom. The molecule has 3 aromatic carbocycles. The highest BCUT2D eigenvalue weighted by Gasteiger charge is 2.42. The summed E-state index contributed by atoms with van der Waals surface area (Å²) in [5.74, 6) is -2.02. The third-order valence-electron chi connectivity index (χ3n) is 5.79. The molecule has 0 aromatic heterocycles. The number of amides is 1. The summed E-state index contributed by atoms with van der Waals surface area (Å²) >= 11 is 0. The fraction of sp³-hybridized carbons (Fsp3) is 0.200. The van der Waals surface area contributed by atoms with Crippen molar-refractivity contribution in [3.05, 3.63) is 77.4 Å². The molecule has 9 nitrogen and oxygen atoms in total. The van der Waals surface area contributed by atoms with Gasteiger partial charge in [-0.2, -0.15) is 0 Å². The number of carbonyl (C=O) groups excluding carboxylic acids is 2. The zero-order valence-corrected chi connectivity index (χ0v) is 18.9. The SMILES string of the molecule is CNC(CNc1ccc2c(C(=O)NCc3ccc(C(=N)N)cc3)cccc2c1)(C(C)=O)C(=O)O. The molecule has 0 spiro atoms. The number of nitrogens with one attached hydrogen (secondary N) is 4. The van der Waals surface area contributed by atoms with Crippen LogP contribution in [0, 0.1) is 5.41 Å². The van der Waals surface area contributed by atoms with E-state index in [0.29, 0.717) is 23.4 Å². The van der Waals surface area contributed by atoms with Gasteiger partial charge in [-0.05, 0) is 48.5 Å². The lowest BCUT2D eigenvalue weighted by atomic mass is 9.94. The molecule has 0 fully saturated rings. The van der Waals surface area contributed by atoms with E-state index >= 15 is 0 Å². The Morgan fingerprint density at radius 1 is 1.06 bits per heavy atom. The summed E-state index contributed by atoms with van der Waals surface area (Å²) in [6, 6.07) is 17.8. The van der Waals surface area contributed by atoms with Gasteiger partial charge in [0.15, 0.2) is 11.3 Å². The zero-order chi connectivity index (χ0) is 24.9. The van der Waals surface area contributed by atoms with Crippen molar-refractivity contribution in [1.29, 1.82) is 5.41 Å². The van der Waals surface area contributed by atoms with E-state index in [4.69, 9.17) is 11.1 Å². The van der Waals surface area contributed by atoms with Gasteiger partial charge in [-0.3, -0.25) is 20.3 Å². The van der Waals surface area contributed by atoms with Crippen LogP contribution < -0.4 is 21.7 Å². The van der Waals surface area contributed by atoms with Gasteiger partial charge in [-0.25, -0.2) is 4.79 Å². The molecule has 0 radical (unpaired) electrons. The number of hydrogen-bond donors (Lipinski definition) is 6. The highest BCUT2D eigenvalue weighted by Crippen LogP contribution is 2.23. The van der Waals surface area contributed by atoms with Gasteiger partial charge in [0.05, 0.1) is 6.54 Å². The maximum Gasteiger partial charge on any atom is 0.333 e. The van der Waals surface area contributed by atoms with Gasteiger partial charge >= 0.3 is 5.97 Å². The number of fused-ring (bicyclic) bond motifs is 1. The lowest BCUT2D eigenvalue weighted by Crippen LogP contribution is -2.60. The summed E-state index contributed by atoms with van der Waals surface area (Å²) in [7, 11) is 1.43. The number of nitrogens with two attached hydrogens (primary N) is 1. The van der Waals surface area contributed by atoms with Gasteiger partial charge in [0, 0.05) is 23.4 Å². The molecular weight excluding hydrogens is 434 g/mol. The number of nitrogen functional groups attached to an aromatic ring is 1. The van der Waals surface area contributed by atoms with Crippen LogP contribution >= 0.6 is 0 Å². The van der Waals surface area contributed by atoms with Crippen LogP contribution in [0.2, 0.25) is 0 Å². The molecule has 0 aliphatic rings. The van der Waals surface area contributed by atoms with Crippen molar-refractivity contribution in [3.63, 3.8) is 0 Å². The molecule has 0 saturated heterocycles. The first kappa shape index (κ1) is 24.4. The van der Waals surface area contributed by atoms with Gasteiger partial charge in [0.1, 0.15) is 5.84 Å². The molecule has 0 saturated carbocycles. The summed E-state index contributed by atoms with van der Waals surface area (Å²) in [6.45, 7) is 1.41. The van der Waals surface area contributed by atoms with E-state index in [2.05, 4.69) is 16.0 Å². The normalized spacial score (nSPS) is 12.5. The summed E-state index contributed by atoms with van der Waals surface area (Å²) in [4.78, 5) is 36.5. The lowest BCUT2D eigenvalue weighted by molar-refractivity contribution is -0.148. The van der Waals surface area contributed by atoms with Gasteiger partial charge in [-0.1, -0.05) is 42.5 Å². The van der Waals surface area contributed by atoms with Crippen LogP contribution in [0.3, 0.4) is 0 Å². The number of ketones is 1. The van der Waals surface area contributed by atoms with Crippen LogP contribution in [0.5, 0.6) is 0 Å². The van der Waals surface area contributed by atoms with E-state index in [-0.39, 0.29) is 18.3 Å². The van der Waals surface area contributed by atoms with Crippen molar-refractivity contribution in [2.75, 3.05) is 18.9 Å². The number of aliphatic carboxylic acids is 1. The fourth-order valence-corrected chi connectivity index (χ4v) is 3.63. The van der Waals surface area contributed by atoms with E-state index < -0.39 is 17.3 Å². The minimum atomic E-state index is -1.74. The first-order valence-electron chi connectivity index (χ1n) is 10.6. The lowest BCUT2D eigenvalue weighted by Gasteiger charge is -2.26. The van der Waals surface area contributed by atoms with E-state index in [1.807, 2.05) is 6.07 Å². The van der Waals surface area contributed by atoms with Crippen molar-refractivity contribution in [2.24, 2.45) is 5.73 Å². The maximum atomic E-state index is 12.8. The quantitative estimate of drug-likeness (QED) is 0.153. The molecule has 0 heterocycles. The molecule has 7 N–H and O–H groups in total. The van der Waals surface area contributed by atoms with Crippen LogP contribution in [0.25, 0.3) is 10.8 Å². The fourth-order valence-electron chi connectivity index (χ4n) is 3.63. The molecule has 3 rings (SSSR count). The topological polar surface area (TPSA) is 157 Å². The predicted molar refractivity (Wildman–Crippen MR) is 131 cm³/mol. The van der Waals surface area contributed by atoms with Gasteiger partial charge in [0.25, 0.3) is 5.91 Å².